The molecule has 0 amide bonds. The first-order valence-corrected chi connectivity index (χ1v) is 7.41. The number of hydrogen-bond donors (Lipinski definition) is 1. The van der Waals surface area contributed by atoms with Crippen molar-refractivity contribution in [2.45, 2.75) is 13.0 Å². The lowest BCUT2D eigenvalue weighted by atomic mass is 9.96. The lowest BCUT2D eigenvalue weighted by molar-refractivity contribution is 0.383. The Balaban J connectivity index is 2.58. The first kappa shape index (κ1) is 15.8. The van der Waals surface area contributed by atoms with Crippen LogP contribution in [0.5, 0.6) is 11.5 Å². The fourth-order valence-electron chi connectivity index (χ4n) is 2.40. The highest BCUT2D eigenvalue weighted by atomic mass is 79.9. The molecular weight excluding hydrogens is 332 g/mol. The summed E-state index contributed by atoms with van der Waals surface area (Å²) in [6.45, 7) is 2.08. The van der Waals surface area contributed by atoms with Crippen molar-refractivity contribution < 1.29 is 9.47 Å². The standard InChI is InChI=1S/C16H19BrN2O2/c1-10-7-8-19-9-12(10)15(18-2)11-5-6-13(20-3)14(17)16(11)21-4/h5-9,15,18H,1-4H3. The Morgan fingerprint density at radius 1 is 1.14 bits per heavy atom. The third-order valence-corrected chi connectivity index (χ3v) is 4.26. The van der Waals surface area contributed by atoms with Crippen molar-refractivity contribution in [2.24, 2.45) is 0 Å². The molecule has 0 saturated heterocycles. The van der Waals surface area contributed by atoms with E-state index in [1.54, 1.807) is 20.4 Å². The molecule has 1 atom stereocenters. The topological polar surface area (TPSA) is 43.4 Å². The van der Waals surface area contributed by atoms with E-state index in [0.29, 0.717) is 0 Å². The zero-order chi connectivity index (χ0) is 15.4. The van der Waals surface area contributed by atoms with Gasteiger partial charge in [-0.25, -0.2) is 0 Å². The van der Waals surface area contributed by atoms with E-state index in [1.165, 1.54) is 5.56 Å². The average molecular weight is 351 g/mol. The average Bonchev–Trinajstić information content (AvgIpc) is 2.50. The number of pyridine rings is 1. The number of halogens is 1. The fourth-order valence-corrected chi connectivity index (χ4v) is 3.09. The molecule has 1 heterocycles. The van der Waals surface area contributed by atoms with Crippen LogP contribution in [0.1, 0.15) is 22.7 Å². The number of nitrogens with one attached hydrogen (secondary N) is 1. The molecule has 1 aromatic carbocycles. The summed E-state index contributed by atoms with van der Waals surface area (Å²) in [5.41, 5.74) is 3.33. The molecule has 0 saturated carbocycles. The minimum absolute atomic E-state index is 0.00384. The van der Waals surface area contributed by atoms with Gasteiger partial charge < -0.3 is 14.8 Å². The molecule has 1 unspecified atom stereocenters. The van der Waals surface area contributed by atoms with E-state index in [9.17, 15) is 0 Å². The maximum atomic E-state index is 5.58. The minimum Gasteiger partial charge on any atom is -0.495 e. The van der Waals surface area contributed by atoms with Crippen molar-refractivity contribution in [3.63, 3.8) is 0 Å². The number of rotatable bonds is 5. The van der Waals surface area contributed by atoms with Crippen LogP contribution < -0.4 is 14.8 Å². The van der Waals surface area contributed by atoms with E-state index >= 15 is 0 Å². The van der Waals surface area contributed by atoms with E-state index in [4.69, 9.17) is 9.47 Å². The van der Waals surface area contributed by atoms with Gasteiger partial charge in [-0.05, 0) is 59.2 Å². The molecule has 0 aliphatic heterocycles. The summed E-state index contributed by atoms with van der Waals surface area (Å²) in [5, 5.41) is 3.33. The van der Waals surface area contributed by atoms with Crippen molar-refractivity contribution in [2.75, 3.05) is 21.3 Å². The Morgan fingerprint density at radius 3 is 2.48 bits per heavy atom. The molecule has 0 fully saturated rings. The normalized spacial score (nSPS) is 12.0. The number of nitrogens with zero attached hydrogens (tertiary/aromatic N) is 1. The van der Waals surface area contributed by atoms with Crippen molar-refractivity contribution in [3.8, 4) is 11.5 Å². The first-order chi connectivity index (χ1) is 10.1. The quantitative estimate of drug-likeness (QED) is 0.896. The van der Waals surface area contributed by atoms with E-state index < -0.39 is 0 Å². The Bertz CT molecular complexity index is 632. The Morgan fingerprint density at radius 2 is 1.90 bits per heavy atom. The number of aromatic nitrogens is 1. The van der Waals surface area contributed by atoms with Crippen molar-refractivity contribution in [3.05, 3.63) is 51.8 Å². The zero-order valence-electron chi connectivity index (χ0n) is 12.6. The van der Waals surface area contributed by atoms with Crippen LogP contribution in [0.15, 0.2) is 35.1 Å². The molecule has 0 radical (unpaired) electrons. The second-order valence-electron chi connectivity index (χ2n) is 4.66. The lowest BCUT2D eigenvalue weighted by Crippen LogP contribution is -2.20. The molecule has 0 spiro atoms. The van der Waals surface area contributed by atoms with Gasteiger partial charge >= 0.3 is 0 Å². The first-order valence-electron chi connectivity index (χ1n) is 6.62. The molecule has 4 nitrogen and oxygen atoms in total. The molecule has 1 N–H and O–H groups in total. The van der Waals surface area contributed by atoms with E-state index in [1.807, 2.05) is 31.4 Å². The van der Waals surface area contributed by atoms with Crippen LogP contribution in [0.4, 0.5) is 0 Å². The summed E-state index contributed by atoms with van der Waals surface area (Å²) < 4.78 is 11.7. The largest absolute Gasteiger partial charge is 0.495 e. The van der Waals surface area contributed by atoms with Gasteiger partial charge in [-0.15, -0.1) is 0 Å². The smallest absolute Gasteiger partial charge is 0.141 e. The summed E-state index contributed by atoms with van der Waals surface area (Å²) in [7, 11) is 5.22. The van der Waals surface area contributed by atoms with Gasteiger partial charge in [-0.2, -0.15) is 0 Å². The van der Waals surface area contributed by atoms with Crippen LogP contribution >= 0.6 is 15.9 Å². The third kappa shape index (κ3) is 3.04. The predicted octanol–water partition coefficient (Wildman–Crippen LogP) is 3.48. The number of ether oxygens (including phenoxy) is 2. The van der Waals surface area contributed by atoms with Crippen LogP contribution in [0.2, 0.25) is 0 Å². The zero-order valence-corrected chi connectivity index (χ0v) is 14.2. The number of methoxy groups -OCH3 is 2. The summed E-state index contributed by atoms with van der Waals surface area (Å²) in [5.74, 6) is 1.50. The lowest BCUT2D eigenvalue weighted by Gasteiger charge is -2.22. The van der Waals surface area contributed by atoms with Crippen LogP contribution in [-0.2, 0) is 0 Å². The molecule has 2 aromatic rings. The van der Waals surface area contributed by atoms with Crippen molar-refractivity contribution >= 4 is 15.9 Å². The molecule has 112 valence electrons. The maximum Gasteiger partial charge on any atom is 0.141 e. The molecule has 1 aromatic heterocycles. The van der Waals surface area contributed by atoms with Crippen LogP contribution in [0.3, 0.4) is 0 Å². The number of benzene rings is 1. The van der Waals surface area contributed by atoms with Crippen molar-refractivity contribution in [1.29, 1.82) is 0 Å². The maximum absolute atomic E-state index is 5.58. The highest BCUT2D eigenvalue weighted by Crippen LogP contribution is 2.41. The molecule has 0 bridgehead atoms. The second-order valence-corrected chi connectivity index (χ2v) is 5.45. The van der Waals surface area contributed by atoms with E-state index in [0.717, 1.165) is 27.1 Å². The number of hydrogen-bond acceptors (Lipinski definition) is 4. The summed E-state index contributed by atoms with van der Waals surface area (Å²) in [6.07, 6.45) is 3.68. The summed E-state index contributed by atoms with van der Waals surface area (Å²) in [6, 6.07) is 5.94. The monoisotopic (exact) mass is 350 g/mol. The Kier molecular flexibility index (Phi) is 5.20. The molecule has 0 aliphatic carbocycles. The summed E-state index contributed by atoms with van der Waals surface area (Å²) >= 11 is 3.55. The highest BCUT2D eigenvalue weighted by Gasteiger charge is 2.22. The van der Waals surface area contributed by atoms with Crippen LogP contribution in [0.25, 0.3) is 0 Å². The SMILES string of the molecule is CNC(c1cnccc1C)c1ccc(OC)c(Br)c1OC. The molecule has 5 heteroatoms. The fraction of sp³-hybridized carbons (Fsp3) is 0.312. The van der Waals surface area contributed by atoms with E-state index in [2.05, 4.69) is 33.2 Å². The second kappa shape index (κ2) is 6.91. The predicted molar refractivity (Wildman–Crippen MR) is 87.1 cm³/mol. The molecule has 0 aliphatic rings. The molecule has 2 rings (SSSR count). The summed E-state index contributed by atoms with van der Waals surface area (Å²) in [4.78, 5) is 4.23. The Labute approximate surface area is 133 Å². The van der Waals surface area contributed by atoms with Gasteiger partial charge in [0.05, 0.1) is 20.3 Å². The van der Waals surface area contributed by atoms with Gasteiger partial charge in [0, 0.05) is 18.0 Å². The Hall–Kier alpha value is -1.59. The third-order valence-electron chi connectivity index (χ3n) is 3.51. The van der Waals surface area contributed by atoms with Gasteiger partial charge in [0.2, 0.25) is 0 Å². The van der Waals surface area contributed by atoms with Crippen LogP contribution in [-0.4, -0.2) is 26.3 Å². The molecule has 21 heavy (non-hydrogen) atoms. The van der Waals surface area contributed by atoms with Crippen LogP contribution in [0, 0.1) is 6.92 Å². The molecular formula is C16H19BrN2O2. The van der Waals surface area contributed by atoms with Gasteiger partial charge in [-0.3, -0.25) is 4.98 Å². The van der Waals surface area contributed by atoms with Gasteiger partial charge in [-0.1, -0.05) is 0 Å². The van der Waals surface area contributed by atoms with Gasteiger partial charge in [0.25, 0.3) is 0 Å². The minimum atomic E-state index is -0.00384. The van der Waals surface area contributed by atoms with Gasteiger partial charge in [0.15, 0.2) is 0 Å². The number of aryl methyl sites for hydroxylation is 1. The van der Waals surface area contributed by atoms with E-state index in [-0.39, 0.29) is 6.04 Å². The highest BCUT2D eigenvalue weighted by molar-refractivity contribution is 9.10. The van der Waals surface area contributed by atoms with Crippen molar-refractivity contribution in [1.82, 2.24) is 10.3 Å². The van der Waals surface area contributed by atoms with Gasteiger partial charge in [0.1, 0.15) is 16.0 Å².